The number of benzene rings is 2. The number of carbonyl (C=O) groups is 1. The molecule has 0 aliphatic carbocycles. The van der Waals surface area contributed by atoms with Gasteiger partial charge >= 0.3 is 0 Å². The van der Waals surface area contributed by atoms with Crippen LogP contribution in [-0.2, 0) is 29.8 Å². The van der Waals surface area contributed by atoms with E-state index in [9.17, 15) is 4.79 Å². The summed E-state index contributed by atoms with van der Waals surface area (Å²) in [6, 6.07) is 24.3. The molecule has 2 N–H and O–H groups in total. The number of nitrogens with one attached hydrogen (secondary N) is 2. The minimum atomic E-state index is -0.834. The molecule has 0 bridgehead atoms. The molecule has 0 radical (unpaired) electrons. The van der Waals surface area contributed by atoms with Gasteiger partial charge in [0.05, 0.1) is 24.1 Å². The highest BCUT2D eigenvalue weighted by Gasteiger charge is 2.43. The predicted molar refractivity (Wildman–Crippen MR) is 136 cm³/mol. The van der Waals surface area contributed by atoms with Crippen molar-refractivity contribution in [3.05, 3.63) is 114 Å². The summed E-state index contributed by atoms with van der Waals surface area (Å²) in [4.78, 5) is 29.3. The molecule has 0 saturated heterocycles. The maximum Gasteiger partial charge on any atom is 0.233 e. The fourth-order valence-corrected chi connectivity index (χ4v) is 4.57. The van der Waals surface area contributed by atoms with Gasteiger partial charge in [0, 0.05) is 37.7 Å². The molecule has 0 fully saturated rings. The molecule has 1 aliphatic rings. The average Bonchev–Trinajstić information content (AvgIpc) is 2.89. The van der Waals surface area contributed by atoms with Crippen LogP contribution in [0.2, 0.25) is 0 Å². The first-order valence-corrected chi connectivity index (χ1v) is 11.7. The topological polar surface area (TPSA) is 83.0 Å². The number of hydrogen-bond acceptors (Lipinski definition) is 6. The van der Waals surface area contributed by atoms with E-state index in [-0.39, 0.29) is 5.91 Å². The predicted octanol–water partition coefficient (Wildman–Crippen LogP) is 4.21. The van der Waals surface area contributed by atoms with Crippen LogP contribution < -0.4 is 10.6 Å². The molecule has 1 amide bonds. The van der Waals surface area contributed by atoms with E-state index in [0.717, 1.165) is 35.9 Å². The van der Waals surface area contributed by atoms with Crippen LogP contribution in [0.15, 0.2) is 91.4 Å². The number of pyridine rings is 1. The Labute approximate surface area is 205 Å². The van der Waals surface area contributed by atoms with Crippen molar-refractivity contribution in [2.45, 2.75) is 32.0 Å². The summed E-state index contributed by atoms with van der Waals surface area (Å²) in [5.41, 5.74) is 3.92. The van der Waals surface area contributed by atoms with Crippen molar-refractivity contribution < 1.29 is 4.79 Å². The van der Waals surface area contributed by atoms with Crippen LogP contribution >= 0.6 is 0 Å². The summed E-state index contributed by atoms with van der Waals surface area (Å²) in [6.45, 7) is 4.35. The minimum Gasteiger partial charge on any atom is -0.350 e. The monoisotopic (exact) mass is 464 g/mol. The molecule has 2 aromatic heterocycles. The maximum atomic E-state index is 13.7. The lowest BCUT2D eigenvalue weighted by molar-refractivity contribution is -0.128. The van der Waals surface area contributed by atoms with Crippen LogP contribution in [0.25, 0.3) is 0 Å². The highest BCUT2D eigenvalue weighted by atomic mass is 16.2. The highest BCUT2D eigenvalue weighted by Crippen LogP contribution is 2.35. The van der Waals surface area contributed by atoms with Crippen molar-refractivity contribution in [2.75, 3.05) is 11.9 Å². The number of rotatable bonds is 7. The van der Waals surface area contributed by atoms with Crippen LogP contribution in [0.1, 0.15) is 29.4 Å². The number of para-hydroxylation sites is 1. The number of hydrogen-bond donors (Lipinski definition) is 2. The van der Waals surface area contributed by atoms with Crippen molar-refractivity contribution in [1.82, 2.24) is 25.2 Å². The second-order valence-electron chi connectivity index (χ2n) is 9.04. The van der Waals surface area contributed by atoms with E-state index in [2.05, 4.69) is 43.7 Å². The molecule has 1 unspecified atom stereocenters. The third-order valence-electron chi connectivity index (χ3n) is 6.28. The van der Waals surface area contributed by atoms with Crippen LogP contribution in [0.3, 0.4) is 0 Å². The van der Waals surface area contributed by atoms with Gasteiger partial charge in [0.15, 0.2) is 0 Å². The number of amides is 1. The smallest absolute Gasteiger partial charge is 0.233 e. The first-order valence-electron chi connectivity index (χ1n) is 11.7. The van der Waals surface area contributed by atoms with Gasteiger partial charge in [-0.2, -0.15) is 0 Å². The molecule has 35 heavy (non-hydrogen) atoms. The number of carbonyl (C=O) groups excluding carboxylic acids is 1. The third-order valence-corrected chi connectivity index (χ3v) is 6.28. The molecule has 1 aliphatic heterocycles. The Morgan fingerprint density at radius 2 is 1.77 bits per heavy atom. The third kappa shape index (κ3) is 5.20. The maximum absolute atomic E-state index is 13.7. The second kappa shape index (κ2) is 10.0. The first-order chi connectivity index (χ1) is 17.1. The second-order valence-corrected chi connectivity index (χ2v) is 9.04. The number of nitrogens with zero attached hydrogens (tertiary/aromatic N) is 4. The molecule has 0 saturated carbocycles. The van der Waals surface area contributed by atoms with Crippen molar-refractivity contribution in [2.24, 2.45) is 0 Å². The first kappa shape index (κ1) is 22.7. The summed E-state index contributed by atoms with van der Waals surface area (Å²) in [5, 5.41) is 6.44. The van der Waals surface area contributed by atoms with Crippen molar-refractivity contribution in [3.8, 4) is 0 Å². The van der Waals surface area contributed by atoms with E-state index >= 15 is 0 Å². The van der Waals surface area contributed by atoms with Gasteiger partial charge in [-0.05, 0) is 36.2 Å². The minimum absolute atomic E-state index is 0.0773. The Morgan fingerprint density at radius 1 is 1.00 bits per heavy atom. The number of fused-ring (bicyclic) bond motifs is 1. The lowest BCUT2D eigenvalue weighted by atomic mass is 9.79. The van der Waals surface area contributed by atoms with Gasteiger partial charge in [0.2, 0.25) is 5.91 Å². The van der Waals surface area contributed by atoms with Crippen molar-refractivity contribution >= 4 is 17.4 Å². The quantitative estimate of drug-likeness (QED) is 0.426. The van der Waals surface area contributed by atoms with Gasteiger partial charge in [0.1, 0.15) is 11.2 Å². The van der Waals surface area contributed by atoms with Crippen LogP contribution in [0.5, 0.6) is 0 Å². The van der Waals surface area contributed by atoms with E-state index in [1.165, 1.54) is 5.56 Å². The lowest BCUT2D eigenvalue weighted by Crippen LogP contribution is -2.53. The largest absolute Gasteiger partial charge is 0.350 e. The molecule has 3 heterocycles. The van der Waals surface area contributed by atoms with E-state index in [1.807, 2.05) is 61.5 Å². The van der Waals surface area contributed by atoms with Gasteiger partial charge in [-0.25, -0.2) is 4.98 Å². The Morgan fingerprint density at radius 3 is 2.51 bits per heavy atom. The summed E-state index contributed by atoms with van der Waals surface area (Å²) in [5.74, 6) is 0.644. The van der Waals surface area contributed by atoms with Crippen molar-refractivity contribution in [1.29, 1.82) is 0 Å². The fraction of sp³-hybridized carbons (Fsp3) is 0.214. The SMILES string of the molecule is CC1(C(=O)NCc2cnccn2)CN(Cc2ccccc2)Cc2ccc(Nc3ccccc3)nc21. The number of anilines is 2. The normalized spacial score (nSPS) is 17.4. The van der Waals surface area contributed by atoms with Gasteiger partial charge in [-0.1, -0.05) is 54.6 Å². The molecule has 5 rings (SSSR count). The van der Waals surface area contributed by atoms with Gasteiger partial charge in [-0.3, -0.25) is 19.7 Å². The van der Waals surface area contributed by atoms with Crippen molar-refractivity contribution in [3.63, 3.8) is 0 Å². The zero-order chi connectivity index (χ0) is 24.1. The Balaban J connectivity index is 1.44. The average molecular weight is 465 g/mol. The molecule has 2 aromatic carbocycles. The zero-order valence-electron chi connectivity index (χ0n) is 19.7. The Kier molecular flexibility index (Phi) is 6.50. The lowest BCUT2D eigenvalue weighted by Gasteiger charge is -2.40. The molecule has 7 nitrogen and oxygen atoms in total. The molecule has 7 heteroatoms. The molecular weight excluding hydrogens is 436 g/mol. The van der Waals surface area contributed by atoms with Crippen LogP contribution in [-0.4, -0.2) is 32.3 Å². The highest BCUT2D eigenvalue weighted by molar-refractivity contribution is 5.88. The molecule has 176 valence electrons. The zero-order valence-corrected chi connectivity index (χ0v) is 19.7. The molecular formula is C28H28N6O. The fourth-order valence-electron chi connectivity index (χ4n) is 4.57. The summed E-state index contributed by atoms with van der Waals surface area (Å²) >= 11 is 0. The Bertz CT molecular complexity index is 1280. The summed E-state index contributed by atoms with van der Waals surface area (Å²) < 4.78 is 0. The summed E-state index contributed by atoms with van der Waals surface area (Å²) in [6.07, 6.45) is 4.92. The van der Waals surface area contributed by atoms with E-state index < -0.39 is 5.41 Å². The number of aromatic nitrogens is 3. The van der Waals surface area contributed by atoms with Gasteiger partial charge < -0.3 is 10.6 Å². The van der Waals surface area contributed by atoms with Crippen LogP contribution in [0.4, 0.5) is 11.5 Å². The standard InChI is InChI=1S/C28H28N6O/c1-28(27(35)31-17-24-16-29-14-15-30-24)20-34(18-21-8-4-2-5-9-21)19-22-12-13-25(33-26(22)28)32-23-10-6-3-7-11-23/h2-16H,17-20H2,1H3,(H,31,35)(H,32,33). The van der Waals surface area contributed by atoms with Gasteiger partial charge in [-0.15, -0.1) is 0 Å². The van der Waals surface area contributed by atoms with E-state index in [4.69, 9.17) is 4.98 Å². The van der Waals surface area contributed by atoms with Crippen LogP contribution in [0, 0.1) is 0 Å². The Hall–Kier alpha value is -4.10. The van der Waals surface area contributed by atoms with E-state index in [1.54, 1.807) is 18.6 Å². The molecule has 1 atom stereocenters. The molecule has 0 spiro atoms. The van der Waals surface area contributed by atoms with E-state index in [0.29, 0.717) is 18.8 Å². The summed E-state index contributed by atoms with van der Waals surface area (Å²) in [7, 11) is 0. The van der Waals surface area contributed by atoms with Gasteiger partial charge in [0.25, 0.3) is 0 Å². The molecule has 4 aromatic rings.